The van der Waals surface area contributed by atoms with Gasteiger partial charge in [-0.05, 0) is 36.4 Å². The lowest BCUT2D eigenvalue weighted by Crippen LogP contribution is -2.14. The van der Waals surface area contributed by atoms with E-state index in [9.17, 15) is 9.18 Å². The standard InChI is InChI=1S/C13H9BrClFN2O/c14-7-1-4-11(17)9(5-7)13(19)18-12-6-8(16)2-3-10(12)15/h1-6H,17H2,(H,18,19). The lowest BCUT2D eigenvalue weighted by Gasteiger charge is -2.09. The first kappa shape index (κ1) is 13.8. The summed E-state index contributed by atoms with van der Waals surface area (Å²) in [6.07, 6.45) is 0. The summed E-state index contributed by atoms with van der Waals surface area (Å²) in [7, 11) is 0. The highest BCUT2D eigenvalue weighted by Gasteiger charge is 2.12. The SMILES string of the molecule is Nc1ccc(Br)cc1C(=O)Nc1cc(F)ccc1Cl. The van der Waals surface area contributed by atoms with E-state index in [1.165, 1.54) is 12.1 Å². The van der Waals surface area contributed by atoms with Crippen molar-refractivity contribution in [3.05, 3.63) is 57.3 Å². The normalized spacial score (nSPS) is 10.3. The molecule has 3 N–H and O–H groups in total. The van der Waals surface area contributed by atoms with Crippen molar-refractivity contribution in [2.24, 2.45) is 0 Å². The lowest BCUT2D eigenvalue weighted by atomic mass is 10.1. The van der Waals surface area contributed by atoms with Crippen LogP contribution in [0.5, 0.6) is 0 Å². The van der Waals surface area contributed by atoms with Crippen LogP contribution < -0.4 is 11.1 Å². The second-order valence-corrected chi connectivity index (χ2v) is 5.13. The average Bonchev–Trinajstić information content (AvgIpc) is 2.36. The first-order valence-corrected chi connectivity index (χ1v) is 6.46. The number of hydrogen-bond acceptors (Lipinski definition) is 2. The molecule has 2 aromatic rings. The highest BCUT2D eigenvalue weighted by atomic mass is 79.9. The molecule has 0 aliphatic heterocycles. The van der Waals surface area contributed by atoms with E-state index in [0.29, 0.717) is 5.69 Å². The Morgan fingerprint density at radius 2 is 2.00 bits per heavy atom. The highest BCUT2D eigenvalue weighted by molar-refractivity contribution is 9.10. The Labute approximate surface area is 122 Å². The summed E-state index contributed by atoms with van der Waals surface area (Å²) in [5, 5.41) is 2.78. The van der Waals surface area contributed by atoms with Gasteiger partial charge in [0, 0.05) is 10.2 Å². The molecule has 0 heterocycles. The molecule has 6 heteroatoms. The van der Waals surface area contributed by atoms with Crippen LogP contribution in [0.25, 0.3) is 0 Å². The molecule has 0 aliphatic carbocycles. The maximum atomic E-state index is 13.1. The molecule has 0 unspecified atom stereocenters. The minimum absolute atomic E-state index is 0.200. The second-order valence-electron chi connectivity index (χ2n) is 3.81. The maximum absolute atomic E-state index is 13.1. The predicted octanol–water partition coefficient (Wildman–Crippen LogP) is 4.08. The van der Waals surface area contributed by atoms with E-state index in [1.54, 1.807) is 18.2 Å². The van der Waals surface area contributed by atoms with Gasteiger partial charge in [0.2, 0.25) is 0 Å². The van der Waals surface area contributed by atoms with E-state index in [-0.39, 0.29) is 16.3 Å². The van der Waals surface area contributed by atoms with E-state index < -0.39 is 11.7 Å². The molecule has 0 fully saturated rings. The summed E-state index contributed by atoms with van der Waals surface area (Å²) in [5.74, 6) is -0.937. The lowest BCUT2D eigenvalue weighted by molar-refractivity contribution is 0.102. The highest BCUT2D eigenvalue weighted by Crippen LogP contribution is 2.25. The smallest absolute Gasteiger partial charge is 0.257 e. The molecule has 0 spiro atoms. The van der Waals surface area contributed by atoms with E-state index in [4.69, 9.17) is 17.3 Å². The van der Waals surface area contributed by atoms with Gasteiger partial charge >= 0.3 is 0 Å². The van der Waals surface area contributed by atoms with Crippen LogP contribution in [0.2, 0.25) is 5.02 Å². The Kier molecular flexibility index (Phi) is 4.07. The van der Waals surface area contributed by atoms with Gasteiger partial charge in [-0.15, -0.1) is 0 Å². The Bertz CT molecular complexity index is 649. The molecule has 0 aliphatic rings. The van der Waals surface area contributed by atoms with Crippen molar-refractivity contribution in [2.45, 2.75) is 0 Å². The summed E-state index contributed by atoms with van der Waals surface area (Å²) in [5.41, 5.74) is 6.54. The van der Waals surface area contributed by atoms with Crippen molar-refractivity contribution < 1.29 is 9.18 Å². The molecule has 19 heavy (non-hydrogen) atoms. The van der Waals surface area contributed by atoms with Crippen molar-refractivity contribution in [3.8, 4) is 0 Å². The molecule has 2 aromatic carbocycles. The first-order valence-electron chi connectivity index (χ1n) is 5.29. The number of amides is 1. The van der Waals surface area contributed by atoms with Crippen molar-refractivity contribution in [3.63, 3.8) is 0 Å². The summed E-state index contributed by atoms with van der Waals surface area (Å²) in [6.45, 7) is 0. The quantitative estimate of drug-likeness (QED) is 0.807. The topological polar surface area (TPSA) is 55.1 Å². The van der Waals surface area contributed by atoms with Gasteiger partial charge in [0.25, 0.3) is 5.91 Å². The largest absolute Gasteiger partial charge is 0.398 e. The Balaban J connectivity index is 2.30. The van der Waals surface area contributed by atoms with Crippen LogP contribution in [0, 0.1) is 5.82 Å². The molecule has 0 radical (unpaired) electrons. The average molecular weight is 344 g/mol. The minimum Gasteiger partial charge on any atom is -0.398 e. The molecule has 0 saturated carbocycles. The fourth-order valence-corrected chi connectivity index (χ4v) is 2.03. The molecule has 0 atom stereocenters. The number of nitrogen functional groups attached to an aromatic ring is 1. The van der Waals surface area contributed by atoms with Gasteiger partial charge in [0.1, 0.15) is 5.82 Å². The van der Waals surface area contributed by atoms with Gasteiger partial charge in [-0.2, -0.15) is 0 Å². The van der Waals surface area contributed by atoms with Crippen LogP contribution in [0.15, 0.2) is 40.9 Å². The first-order chi connectivity index (χ1) is 8.97. The van der Waals surface area contributed by atoms with Gasteiger partial charge < -0.3 is 11.1 Å². The minimum atomic E-state index is -0.484. The number of nitrogens with one attached hydrogen (secondary N) is 1. The molecule has 2 rings (SSSR count). The van der Waals surface area contributed by atoms with Gasteiger partial charge in [0.15, 0.2) is 0 Å². The third-order valence-corrected chi connectivity index (χ3v) is 3.26. The van der Waals surface area contributed by atoms with E-state index in [1.807, 2.05) is 0 Å². The maximum Gasteiger partial charge on any atom is 0.257 e. The third kappa shape index (κ3) is 3.24. The van der Waals surface area contributed by atoms with Crippen LogP contribution in [-0.4, -0.2) is 5.91 Å². The predicted molar refractivity (Wildman–Crippen MR) is 77.9 cm³/mol. The van der Waals surface area contributed by atoms with Crippen LogP contribution >= 0.6 is 27.5 Å². The molecule has 98 valence electrons. The van der Waals surface area contributed by atoms with Crippen LogP contribution in [0.3, 0.4) is 0 Å². The van der Waals surface area contributed by atoms with Gasteiger partial charge in [-0.3, -0.25) is 4.79 Å². The zero-order valence-corrected chi connectivity index (χ0v) is 11.9. The van der Waals surface area contributed by atoms with Crippen LogP contribution in [0.1, 0.15) is 10.4 Å². The Hall–Kier alpha value is -1.59. The van der Waals surface area contributed by atoms with Crippen molar-refractivity contribution >= 4 is 44.8 Å². The number of nitrogens with two attached hydrogens (primary N) is 1. The number of rotatable bonds is 2. The summed E-state index contributed by atoms with van der Waals surface area (Å²) < 4.78 is 13.8. The number of carbonyl (C=O) groups excluding carboxylic acids is 1. The molecule has 0 aromatic heterocycles. The fourth-order valence-electron chi connectivity index (χ4n) is 1.51. The monoisotopic (exact) mass is 342 g/mol. The second kappa shape index (κ2) is 5.59. The molecule has 0 saturated heterocycles. The molecule has 0 bridgehead atoms. The molecular formula is C13H9BrClFN2O. The zero-order valence-electron chi connectivity index (χ0n) is 9.58. The summed E-state index contributed by atoms with van der Waals surface area (Å²) in [6, 6.07) is 8.64. The number of hydrogen-bond donors (Lipinski definition) is 2. The Morgan fingerprint density at radius 1 is 1.26 bits per heavy atom. The van der Waals surface area contributed by atoms with Crippen molar-refractivity contribution in [2.75, 3.05) is 11.1 Å². The molecule has 3 nitrogen and oxygen atoms in total. The van der Waals surface area contributed by atoms with Crippen LogP contribution in [0.4, 0.5) is 15.8 Å². The number of benzene rings is 2. The van der Waals surface area contributed by atoms with E-state index >= 15 is 0 Å². The van der Waals surface area contributed by atoms with Crippen LogP contribution in [-0.2, 0) is 0 Å². The third-order valence-electron chi connectivity index (χ3n) is 2.44. The molecular weight excluding hydrogens is 335 g/mol. The Morgan fingerprint density at radius 3 is 2.74 bits per heavy atom. The van der Waals surface area contributed by atoms with Crippen molar-refractivity contribution in [1.82, 2.24) is 0 Å². The number of carbonyl (C=O) groups is 1. The number of anilines is 2. The van der Waals surface area contributed by atoms with Gasteiger partial charge in [0.05, 0.1) is 16.3 Å². The fraction of sp³-hybridized carbons (Fsp3) is 0. The van der Waals surface area contributed by atoms with E-state index in [0.717, 1.165) is 10.5 Å². The summed E-state index contributed by atoms with van der Waals surface area (Å²) in [4.78, 5) is 12.1. The zero-order chi connectivity index (χ0) is 14.0. The molecule has 1 amide bonds. The number of halogens is 3. The van der Waals surface area contributed by atoms with Gasteiger partial charge in [-0.25, -0.2) is 4.39 Å². The van der Waals surface area contributed by atoms with Crippen molar-refractivity contribution in [1.29, 1.82) is 0 Å². The van der Waals surface area contributed by atoms with Gasteiger partial charge in [-0.1, -0.05) is 27.5 Å². The van der Waals surface area contributed by atoms with E-state index in [2.05, 4.69) is 21.2 Å². The summed E-state index contributed by atoms with van der Waals surface area (Å²) >= 11 is 9.13.